The average Bonchev–Trinajstić information content (AvgIpc) is 2.83. The van der Waals surface area contributed by atoms with Crippen molar-refractivity contribution < 1.29 is 9.84 Å². The normalized spacial score (nSPS) is 25.1. The van der Waals surface area contributed by atoms with E-state index in [1.54, 1.807) is 0 Å². The van der Waals surface area contributed by atoms with E-state index in [9.17, 15) is 5.11 Å². The third-order valence-corrected chi connectivity index (χ3v) is 9.98. The van der Waals surface area contributed by atoms with E-state index in [1.807, 2.05) is 6.07 Å². The molecule has 194 valence electrons. The maximum absolute atomic E-state index is 11.5. The van der Waals surface area contributed by atoms with E-state index < -0.39 is 5.60 Å². The lowest BCUT2D eigenvalue weighted by molar-refractivity contribution is -0.0236. The van der Waals surface area contributed by atoms with Crippen molar-refractivity contribution in [3.8, 4) is 5.75 Å². The summed E-state index contributed by atoms with van der Waals surface area (Å²) < 4.78 is 6.43. The summed E-state index contributed by atoms with van der Waals surface area (Å²) >= 11 is 7.26. The Kier molecular flexibility index (Phi) is 10.3. The summed E-state index contributed by atoms with van der Waals surface area (Å²) in [5.41, 5.74) is 3.05. The van der Waals surface area contributed by atoms with Crippen LogP contribution >= 0.6 is 31.9 Å². The van der Waals surface area contributed by atoms with Gasteiger partial charge in [-0.15, -0.1) is 0 Å². The maximum atomic E-state index is 11.5. The van der Waals surface area contributed by atoms with E-state index in [2.05, 4.69) is 109 Å². The van der Waals surface area contributed by atoms with Gasteiger partial charge >= 0.3 is 0 Å². The summed E-state index contributed by atoms with van der Waals surface area (Å²) in [4.78, 5) is 0. The van der Waals surface area contributed by atoms with Crippen LogP contribution in [0.2, 0.25) is 0 Å². The minimum absolute atomic E-state index is 0.0974. The van der Waals surface area contributed by atoms with Gasteiger partial charge in [-0.2, -0.15) is 0 Å². The number of benzene rings is 2. The van der Waals surface area contributed by atoms with Gasteiger partial charge in [0.2, 0.25) is 0 Å². The molecule has 0 heterocycles. The third kappa shape index (κ3) is 7.36. The van der Waals surface area contributed by atoms with Gasteiger partial charge in [-0.3, -0.25) is 0 Å². The molecule has 2 nitrogen and oxygen atoms in total. The van der Waals surface area contributed by atoms with Crippen molar-refractivity contribution >= 4 is 31.9 Å². The Balaban J connectivity index is 1.94. The summed E-state index contributed by atoms with van der Waals surface area (Å²) in [6.07, 6.45) is 7.80. The molecule has 2 aromatic rings. The fourth-order valence-electron chi connectivity index (χ4n) is 5.62. The van der Waals surface area contributed by atoms with Crippen LogP contribution in [-0.4, -0.2) is 14.4 Å². The zero-order chi connectivity index (χ0) is 25.6. The first-order chi connectivity index (χ1) is 16.6. The SMILES string of the molecule is CCCCCCC(C)(C)c1ccc(C2CC(O)(C(Br)Br)CC(C)C2C)c(OCc2ccccc2)c1. The fourth-order valence-corrected chi connectivity index (χ4v) is 6.37. The van der Waals surface area contributed by atoms with E-state index in [1.165, 1.54) is 48.8 Å². The molecule has 0 spiro atoms. The van der Waals surface area contributed by atoms with Crippen LogP contribution in [0.3, 0.4) is 0 Å². The second-order valence-corrected chi connectivity index (χ2v) is 14.5. The van der Waals surface area contributed by atoms with Crippen LogP contribution in [0.15, 0.2) is 48.5 Å². The third-order valence-electron chi connectivity index (χ3n) is 8.27. The lowest BCUT2D eigenvalue weighted by atomic mass is 9.65. The molecule has 4 atom stereocenters. The van der Waals surface area contributed by atoms with Crippen LogP contribution < -0.4 is 4.74 Å². The quantitative estimate of drug-likeness (QED) is 0.203. The highest BCUT2D eigenvalue weighted by Gasteiger charge is 2.46. The standard InChI is InChI=1S/C31H44Br2O2/c1-6-7-8-12-17-30(4,5)25-15-16-26(28(18-25)35-21-24-13-10-9-11-14-24)27-20-31(34,29(32)33)19-22(2)23(27)3/h9-11,13-16,18,22-23,27,29,34H,6-8,12,17,19-21H2,1-5H3. The predicted molar refractivity (Wildman–Crippen MR) is 156 cm³/mol. The Bertz CT molecular complexity index is 927. The Morgan fingerprint density at radius 1 is 1.03 bits per heavy atom. The number of ether oxygens (including phenoxy) is 1. The smallest absolute Gasteiger partial charge is 0.123 e. The highest BCUT2D eigenvalue weighted by Crippen LogP contribution is 2.51. The molecule has 1 aliphatic carbocycles. The van der Waals surface area contributed by atoms with Gasteiger partial charge in [0, 0.05) is 0 Å². The number of rotatable bonds is 11. The molecule has 0 aliphatic heterocycles. The van der Waals surface area contributed by atoms with Crippen LogP contribution in [0.4, 0.5) is 0 Å². The van der Waals surface area contributed by atoms with Gasteiger partial charge in [-0.25, -0.2) is 0 Å². The second kappa shape index (κ2) is 12.6. The first-order valence-electron chi connectivity index (χ1n) is 13.4. The lowest BCUT2D eigenvalue weighted by Gasteiger charge is -2.45. The van der Waals surface area contributed by atoms with Gasteiger partial charge in [0.05, 0.1) is 9.34 Å². The Morgan fingerprint density at radius 3 is 2.40 bits per heavy atom. The molecular weight excluding hydrogens is 564 g/mol. The van der Waals surface area contributed by atoms with Gasteiger partial charge < -0.3 is 9.84 Å². The van der Waals surface area contributed by atoms with Crippen LogP contribution in [0, 0.1) is 11.8 Å². The summed E-state index contributed by atoms with van der Waals surface area (Å²) in [5, 5.41) is 11.5. The minimum atomic E-state index is -0.787. The molecular formula is C31H44Br2O2. The first kappa shape index (κ1) is 28.7. The van der Waals surface area contributed by atoms with E-state index in [4.69, 9.17) is 4.74 Å². The van der Waals surface area contributed by atoms with Crippen molar-refractivity contribution in [3.05, 3.63) is 65.2 Å². The molecule has 1 saturated carbocycles. The number of unbranched alkanes of at least 4 members (excludes halogenated alkanes) is 3. The molecule has 0 bridgehead atoms. The van der Waals surface area contributed by atoms with Gasteiger partial charge in [-0.1, -0.05) is 135 Å². The Hall–Kier alpha value is -0.840. The molecule has 3 rings (SSSR count). The highest BCUT2D eigenvalue weighted by molar-refractivity contribution is 9.24. The van der Waals surface area contributed by atoms with Gasteiger partial charge in [-0.05, 0) is 65.2 Å². The first-order valence-corrected chi connectivity index (χ1v) is 15.2. The highest BCUT2D eigenvalue weighted by atomic mass is 79.9. The minimum Gasteiger partial charge on any atom is -0.489 e. The summed E-state index contributed by atoms with van der Waals surface area (Å²) in [7, 11) is 0. The van der Waals surface area contributed by atoms with E-state index in [-0.39, 0.29) is 15.1 Å². The second-order valence-electron chi connectivity index (χ2n) is 11.5. The van der Waals surface area contributed by atoms with Crippen LogP contribution in [-0.2, 0) is 12.0 Å². The molecule has 2 aromatic carbocycles. The van der Waals surface area contributed by atoms with Crippen molar-refractivity contribution in [1.82, 2.24) is 0 Å². The van der Waals surface area contributed by atoms with Crippen molar-refractivity contribution in [1.29, 1.82) is 0 Å². The van der Waals surface area contributed by atoms with Crippen LogP contribution in [0.5, 0.6) is 5.75 Å². The summed E-state index contributed by atoms with van der Waals surface area (Å²) in [6.45, 7) is 12.1. The molecule has 4 heteroatoms. The van der Waals surface area contributed by atoms with Crippen LogP contribution in [0.25, 0.3) is 0 Å². The molecule has 1 fully saturated rings. The molecule has 0 amide bonds. The maximum Gasteiger partial charge on any atom is 0.123 e. The van der Waals surface area contributed by atoms with E-state index in [0.717, 1.165) is 12.2 Å². The van der Waals surface area contributed by atoms with Crippen molar-refractivity contribution in [3.63, 3.8) is 0 Å². The van der Waals surface area contributed by atoms with Crippen molar-refractivity contribution in [2.45, 2.75) is 107 Å². The largest absolute Gasteiger partial charge is 0.489 e. The molecule has 1 N–H and O–H groups in total. The number of aliphatic hydroxyl groups is 1. The summed E-state index contributed by atoms with van der Waals surface area (Å²) in [6, 6.07) is 17.3. The number of halogens is 2. The Labute approximate surface area is 230 Å². The van der Waals surface area contributed by atoms with E-state index >= 15 is 0 Å². The fraction of sp³-hybridized carbons (Fsp3) is 0.613. The van der Waals surface area contributed by atoms with Crippen molar-refractivity contribution in [2.75, 3.05) is 0 Å². The van der Waals surface area contributed by atoms with Gasteiger partial charge in [0.1, 0.15) is 12.4 Å². The average molecular weight is 608 g/mol. The zero-order valence-electron chi connectivity index (χ0n) is 22.2. The summed E-state index contributed by atoms with van der Waals surface area (Å²) in [5.74, 6) is 2.07. The predicted octanol–water partition coefficient (Wildman–Crippen LogP) is 9.51. The molecule has 0 saturated heterocycles. The molecule has 1 aliphatic rings. The molecule has 0 aromatic heterocycles. The number of alkyl halides is 2. The monoisotopic (exact) mass is 606 g/mol. The van der Waals surface area contributed by atoms with E-state index in [0.29, 0.717) is 24.9 Å². The van der Waals surface area contributed by atoms with Crippen molar-refractivity contribution in [2.24, 2.45) is 11.8 Å². The van der Waals surface area contributed by atoms with Gasteiger partial charge in [0.25, 0.3) is 0 Å². The Morgan fingerprint density at radius 2 is 1.74 bits per heavy atom. The van der Waals surface area contributed by atoms with Crippen LogP contribution in [0.1, 0.15) is 102 Å². The number of hydrogen-bond donors (Lipinski definition) is 1. The molecule has 35 heavy (non-hydrogen) atoms. The van der Waals surface area contributed by atoms with Gasteiger partial charge in [0.15, 0.2) is 0 Å². The molecule has 4 unspecified atom stereocenters. The molecule has 0 radical (unpaired) electrons. The zero-order valence-corrected chi connectivity index (χ0v) is 25.4. The topological polar surface area (TPSA) is 29.5 Å². The lowest BCUT2D eigenvalue weighted by Crippen LogP contribution is -2.45. The number of hydrogen-bond acceptors (Lipinski definition) is 2.